The van der Waals surface area contributed by atoms with Crippen molar-refractivity contribution in [2.45, 2.75) is 58.2 Å². The Morgan fingerprint density at radius 1 is 0.768 bits per heavy atom. The average Bonchev–Trinajstić information content (AvgIpc) is 3.96. The molecule has 8 rings (SSSR count). The van der Waals surface area contributed by atoms with E-state index in [2.05, 4.69) is 43.0 Å². The van der Waals surface area contributed by atoms with Crippen LogP contribution in [-0.4, -0.2) is 80.8 Å². The molecule has 17 nitrogen and oxygen atoms in total. The Hall–Kier alpha value is -6.20. The monoisotopic (exact) mass is 767 g/mol. The number of likely N-dealkylation sites (tertiary alicyclic amines) is 1. The highest BCUT2D eigenvalue weighted by atomic mass is 16.6. The fraction of sp³-hybridized carbons (Fsp3) is 0.385. The second-order valence-electron chi connectivity index (χ2n) is 13.6. The van der Waals surface area contributed by atoms with Crippen molar-refractivity contribution < 1.29 is 28.2 Å². The van der Waals surface area contributed by atoms with Crippen LogP contribution in [0.3, 0.4) is 0 Å². The third-order valence-electron chi connectivity index (χ3n) is 9.71. The van der Waals surface area contributed by atoms with E-state index >= 15 is 0 Å². The third kappa shape index (κ3) is 9.18. The Balaban J connectivity index is 0.000000211. The van der Waals surface area contributed by atoms with Gasteiger partial charge in [0.05, 0.1) is 23.1 Å². The van der Waals surface area contributed by atoms with Crippen LogP contribution in [0, 0.1) is 20.2 Å². The number of nitro benzene ring substituents is 2. The Bertz CT molecular complexity index is 2230. The van der Waals surface area contributed by atoms with Gasteiger partial charge in [-0.3, -0.25) is 25.1 Å². The van der Waals surface area contributed by atoms with Gasteiger partial charge in [-0.25, -0.2) is 0 Å². The summed E-state index contributed by atoms with van der Waals surface area (Å²) in [5, 5.41) is 31.6. The SMILES string of the molecule is CCOc1cc(CN2CCC(Nc3nc4cc([N+](=O)[O-])ccc4o3)CC2)cc(OCC)c1-n1cccc1.O=[N+]([O-])c1ccc2oc(NC3CCNCC3)nc2c1. The minimum Gasteiger partial charge on any atom is -0.492 e. The molecule has 2 fully saturated rings. The van der Waals surface area contributed by atoms with E-state index in [9.17, 15) is 20.2 Å². The highest BCUT2D eigenvalue weighted by Gasteiger charge is 2.23. The van der Waals surface area contributed by atoms with Crippen molar-refractivity contribution in [3.8, 4) is 17.2 Å². The van der Waals surface area contributed by atoms with Crippen molar-refractivity contribution in [2.75, 3.05) is 50.0 Å². The lowest BCUT2D eigenvalue weighted by atomic mass is 10.0. The van der Waals surface area contributed by atoms with Gasteiger partial charge in [0.25, 0.3) is 23.4 Å². The number of aromatic nitrogens is 3. The van der Waals surface area contributed by atoms with Crippen LogP contribution in [0.15, 0.2) is 81.9 Å². The maximum atomic E-state index is 11.0. The number of ether oxygens (including phenoxy) is 2. The Morgan fingerprint density at radius 2 is 1.27 bits per heavy atom. The second-order valence-corrected chi connectivity index (χ2v) is 13.6. The summed E-state index contributed by atoms with van der Waals surface area (Å²) in [6.07, 6.45) is 7.87. The number of benzene rings is 3. The van der Waals surface area contributed by atoms with E-state index in [0.29, 0.717) is 53.5 Å². The molecule has 0 unspecified atom stereocenters. The molecule has 294 valence electrons. The van der Waals surface area contributed by atoms with Crippen molar-refractivity contribution >= 4 is 45.6 Å². The summed E-state index contributed by atoms with van der Waals surface area (Å²) in [5.74, 6) is 1.62. The lowest BCUT2D eigenvalue weighted by molar-refractivity contribution is -0.384. The number of anilines is 2. The number of nitrogens with zero attached hydrogens (tertiary/aromatic N) is 6. The minimum absolute atomic E-state index is 0.00189. The predicted molar refractivity (Wildman–Crippen MR) is 211 cm³/mol. The van der Waals surface area contributed by atoms with Gasteiger partial charge < -0.3 is 38.8 Å². The van der Waals surface area contributed by atoms with E-state index in [-0.39, 0.29) is 17.4 Å². The van der Waals surface area contributed by atoms with Crippen molar-refractivity contribution in [1.82, 2.24) is 24.8 Å². The lowest BCUT2D eigenvalue weighted by Gasteiger charge is -2.32. The largest absolute Gasteiger partial charge is 0.492 e. The standard InChI is InChI=1S/C27H31N5O5.C12H14N4O3/c1-3-35-24-15-19(16-25(36-4-2)26(24)31-11-5-6-12-31)18-30-13-9-20(10-14-30)28-27-29-22-17-21(32(33)34)7-8-23(22)37-27;17-16(18)9-1-2-11-10(7-9)15-12(19-11)14-8-3-5-13-6-4-8/h5-8,11-12,15-17,20H,3-4,9-10,13-14,18H2,1-2H3,(H,28,29);1-2,7-8,13H,3-6H2,(H,14,15). The summed E-state index contributed by atoms with van der Waals surface area (Å²) >= 11 is 0. The summed E-state index contributed by atoms with van der Waals surface area (Å²) < 4.78 is 25.4. The van der Waals surface area contributed by atoms with Crippen LogP contribution in [0.4, 0.5) is 23.4 Å². The average molecular weight is 768 g/mol. The molecule has 0 atom stereocenters. The Morgan fingerprint density at radius 3 is 1.75 bits per heavy atom. The van der Waals surface area contributed by atoms with Crippen molar-refractivity contribution in [2.24, 2.45) is 0 Å². The van der Waals surface area contributed by atoms with Crippen molar-refractivity contribution in [3.63, 3.8) is 0 Å². The first-order valence-electron chi connectivity index (χ1n) is 18.9. The van der Waals surface area contributed by atoms with Crippen LogP contribution in [0.2, 0.25) is 0 Å². The number of piperidine rings is 2. The summed E-state index contributed by atoms with van der Waals surface area (Å²) in [6, 6.07) is 18.5. The Kier molecular flexibility index (Phi) is 11.9. The predicted octanol–water partition coefficient (Wildman–Crippen LogP) is 7.30. The van der Waals surface area contributed by atoms with Gasteiger partial charge in [0.15, 0.2) is 11.2 Å². The van der Waals surface area contributed by atoms with Crippen LogP contribution in [-0.2, 0) is 6.54 Å². The van der Waals surface area contributed by atoms with E-state index in [1.54, 1.807) is 12.1 Å². The highest BCUT2D eigenvalue weighted by Crippen LogP contribution is 2.36. The van der Waals surface area contributed by atoms with Gasteiger partial charge in [0.2, 0.25) is 0 Å². The molecule has 0 spiro atoms. The number of nitrogens with one attached hydrogen (secondary N) is 3. The normalized spacial score (nSPS) is 15.3. The molecule has 2 saturated heterocycles. The molecule has 3 aromatic carbocycles. The molecule has 6 aromatic rings. The third-order valence-corrected chi connectivity index (χ3v) is 9.71. The molecule has 3 aromatic heterocycles. The first-order chi connectivity index (χ1) is 27.3. The lowest BCUT2D eigenvalue weighted by Crippen LogP contribution is -2.38. The molecule has 2 aliphatic rings. The highest BCUT2D eigenvalue weighted by molar-refractivity contribution is 5.78. The van der Waals surface area contributed by atoms with Gasteiger partial charge in [-0.15, -0.1) is 0 Å². The van der Waals surface area contributed by atoms with Crippen molar-refractivity contribution in [1.29, 1.82) is 0 Å². The first kappa shape index (κ1) is 38.1. The molecule has 17 heteroatoms. The molecule has 3 N–H and O–H groups in total. The van der Waals surface area contributed by atoms with Gasteiger partial charge >= 0.3 is 0 Å². The zero-order valence-corrected chi connectivity index (χ0v) is 31.3. The molecular formula is C39H45N9O8. The zero-order valence-electron chi connectivity index (χ0n) is 31.3. The van der Waals surface area contributed by atoms with E-state index in [0.717, 1.165) is 81.2 Å². The molecule has 0 aliphatic carbocycles. The molecule has 0 amide bonds. The number of rotatable bonds is 13. The molecule has 5 heterocycles. The van der Waals surface area contributed by atoms with Gasteiger partial charge in [-0.1, -0.05) is 0 Å². The van der Waals surface area contributed by atoms with Gasteiger partial charge in [0.1, 0.15) is 28.2 Å². The van der Waals surface area contributed by atoms with Gasteiger partial charge in [0, 0.05) is 68.4 Å². The van der Waals surface area contributed by atoms with Crippen LogP contribution in [0.5, 0.6) is 11.5 Å². The van der Waals surface area contributed by atoms with E-state index < -0.39 is 9.85 Å². The van der Waals surface area contributed by atoms with Crippen LogP contribution in [0.1, 0.15) is 45.1 Å². The smallest absolute Gasteiger partial charge is 0.295 e. The first-order valence-corrected chi connectivity index (χ1v) is 18.9. The Labute approximate surface area is 322 Å². The maximum absolute atomic E-state index is 11.0. The van der Waals surface area contributed by atoms with E-state index in [1.165, 1.54) is 24.3 Å². The zero-order chi connectivity index (χ0) is 39.0. The second kappa shape index (κ2) is 17.5. The maximum Gasteiger partial charge on any atom is 0.295 e. The number of oxazole rings is 2. The molecule has 0 radical (unpaired) electrons. The molecule has 2 aliphatic heterocycles. The summed E-state index contributed by atoms with van der Waals surface area (Å²) in [6.45, 7) is 9.70. The number of hydrogen-bond acceptors (Lipinski definition) is 14. The minimum atomic E-state index is -0.436. The van der Waals surface area contributed by atoms with Crippen LogP contribution in [0.25, 0.3) is 27.9 Å². The van der Waals surface area contributed by atoms with Crippen LogP contribution < -0.4 is 25.4 Å². The quantitative estimate of drug-likeness (QED) is 0.0780. The number of non-ortho nitro benzene ring substituents is 2. The fourth-order valence-corrected chi connectivity index (χ4v) is 6.99. The van der Waals surface area contributed by atoms with E-state index in [4.69, 9.17) is 18.3 Å². The molecule has 56 heavy (non-hydrogen) atoms. The number of hydrogen-bond donors (Lipinski definition) is 3. The van der Waals surface area contributed by atoms with Gasteiger partial charge in [-0.2, -0.15) is 9.97 Å². The fourth-order valence-electron chi connectivity index (χ4n) is 6.99. The summed E-state index contributed by atoms with van der Waals surface area (Å²) in [7, 11) is 0. The topological polar surface area (TPSA) is 201 Å². The van der Waals surface area contributed by atoms with Crippen LogP contribution >= 0.6 is 0 Å². The summed E-state index contributed by atoms with van der Waals surface area (Å²) in [4.78, 5) is 31.9. The summed E-state index contributed by atoms with van der Waals surface area (Å²) in [5.41, 5.74) is 4.17. The van der Waals surface area contributed by atoms with Crippen molar-refractivity contribution in [3.05, 3.63) is 98.8 Å². The molecule has 0 saturated carbocycles. The molecular weight excluding hydrogens is 722 g/mol. The molecule has 0 bridgehead atoms. The van der Waals surface area contributed by atoms with E-state index in [1.807, 2.05) is 42.9 Å². The number of nitro groups is 2. The van der Waals surface area contributed by atoms with Gasteiger partial charge in [-0.05, 0) is 94.6 Å². The number of fused-ring (bicyclic) bond motifs is 2.